The molecule has 2 saturated carbocycles. The van der Waals surface area contributed by atoms with Crippen molar-refractivity contribution < 1.29 is 24.0 Å². The Morgan fingerprint density at radius 2 is 1.65 bits per heavy atom. The van der Waals surface area contributed by atoms with Crippen molar-refractivity contribution in [3.8, 4) is 11.9 Å². The van der Waals surface area contributed by atoms with Crippen molar-refractivity contribution in [2.75, 3.05) is 36.9 Å². The average Bonchev–Trinajstić information content (AvgIpc) is 4.00. The largest absolute Gasteiger partial charge is 0.382 e. The molecule has 1 unspecified atom stereocenters. The Kier molecular flexibility index (Phi) is 10.8. The number of likely N-dealkylation sites (tertiary alicyclic amines) is 1. The van der Waals surface area contributed by atoms with E-state index >= 15 is 0 Å². The lowest BCUT2D eigenvalue weighted by molar-refractivity contribution is -0.136. The Labute approximate surface area is 347 Å². The normalized spacial score (nSPS) is 22.8. The molecule has 1 aromatic carbocycles. The van der Waals surface area contributed by atoms with Gasteiger partial charge < -0.3 is 20.4 Å². The fraction of sp³-hybridized carbons (Fsp3) is 0.477. The second-order valence-electron chi connectivity index (χ2n) is 17.0. The zero-order valence-electron chi connectivity index (χ0n) is 33.7. The van der Waals surface area contributed by atoms with E-state index < -0.39 is 29.7 Å². The number of anilines is 2. The molecule has 0 bridgehead atoms. The van der Waals surface area contributed by atoms with Gasteiger partial charge >= 0.3 is 0 Å². The van der Waals surface area contributed by atoms with Crippen molar-refractivity contribution in [1.29, 1.82) is 5.26 Å². The number of nitriles is 1. The number of pyridine rings is 2. The molecule has 0 radical (unpaired) electrons. The van der Waals surface area contributed by atoms with E-state index in [0.717, 1.165) is 106 Å². The van der Waals surface area contributed by atoms with Gasteiger partial charge in [0.05, 0.1) is 34.1 Å². The van der Waals surface area contributed by atoms with E-state index in [4.69, 9.17) is 0 Å². The fourth-order valence-electron chi connectivity index (χ4n) is 9.80. The Morgan fingerprint density at radius 1 is 0.883 bits per heavy atom. The number of benzene rings is 1. The van der Waals surface area contributed by atoms with E-state index in [1.54, 1.807) is 35.3 Å². The summed E-state index contributed by atoms with van der Waals surface area (Å²) in [5.41, 5.74) is 3.74. The monoisotopic (exact) mass is 811 g/mol. The van der Waals surface area contributed by atoms with Gasteiger partial charge in [-0.15, -0.1) is 0 Å². The SMILES string of the molecule is CN(c1ccc2c(c1)C(=O)N(C1CCC(=O)NC1=O)C2=O)C1CCN(CC2CCC(NC(=O)c3cnc(-n4ncc5cc(C#N)cnc54)cc3NC3CCCC3)CC2)CC1. The molecule has 3 N–H and O–H groups in total. The molecule has 6 heterocycles. The zero-order valence-corrected chi connectivity index (χ0v) is 33.7. The molecule has 16 nitrogen and oxygen atoms in total. The number of imide groups is 2. The number of amides is 5. The van der Waals surface area contributed by atoms with E-state index in [0.29, 0.717) is 34.1 Å². The van der Waals surface area contributed by atoms with Gasteiger partial charge in [-0.1, -0.05) is 12.8 Å². The van der Waals surface area contributed by atoms with Crippen molar-refractivity contribution in [1.82, 2.24) is 40.2 Å². The van der Waals surface area contributed by atoms with Crippen LogP contribution < -0.4 is 20.9 Å². The van der Waals surface area contributed by atoms with Crippen molar-refractivity contribution in [2.45, 2.75) is 101 Å². The minimum Gasteiger partial charge on any atom is -0.382 e. The lowest BCUT2D eigenvalue weighted by Crippen LogP contribution is -2.54. The summed E-state index contributed by atoms with van der Waals surface area (Å²) in [4.78, 5) is 79.4. The molecule has 4 aromatic rings. The van der Waals surface area contributed by atoms with Crippen molar-refractivity contribution >= 4 is 51.9 Å². The van der Waals surface area contributed by atoms with Crippen LogP contribution in [0.15, 0.2) is 48.9 Å². The van der Waals surface area contributed by atoms with Gasteiger partial charge in [0.15, 0.2) is 11.5 Å². The van der Waals surface area contributed by atoms with Crippen LogP contribution in [0.1, 0.15) is 114 Å². The third-order valence-electron chi connectivity index (χ3n) is 13.2. The number of fused-ring (bicyclic) bond motifs is 2. The molecule has 1 atom stereocenters. The van der Waals surface area contributed by atoms with Gasteiger partial charge in [0.2, 0.25) is 11.8 Å². The Balaban J connectivity index is 0.771. The molecule has 5 aliphatic rings. The molecule has 5 amide bonds. The average molecular weight is 812 g/mol. The van der Waals surface area contributed by atoms with E-state index in [9.17, 15) is 29.2 Å². The summed E-state index contributed by atoms with van der Waals surface area (Å²) in [6.45, 7) is 2.95. The van der Waals surface area contributed by atoms with Crippen LogP contribution in [-0.4, -0.2) is 110 Å². The predicted molar refractivity (Wildman–Crippen MR) is 221 cm³/mol. The third kappa shape index (κ3) is 7.69. The van der Waals surface area contributed by atoms with Crippen LogP contribution in [0.5, 0.6) is 0 Å². The van der Waals surface area contributed by atoms with Crippen LogP contribution in [0.3, 0.4) is 0 Å². The molecule has 0 spiro atoms. The Morgan fingerprint density at radius 3 is 2.40 bits per heavy atom. The first-order valence-corrected chi connectivity index (χ1v) is 21.3. The minimum atomic E-state index is -0.983. The van der Waals surface area contributed by atoms with Crippen LogP contribution in [0.25, 0.3) is 16.9 Å². The number of carbonyl (C=O) groups is 5. The summed E-state index contributed by atoms with van der Waals surface area (Å²) in [5, 5.41) is 23.7. The van der Waals surface area contributed by atoms with Crippen LogP contribution in [-0.2, 0) is 9.59 Å². The van der Waals surface area contributed by atoms with Gasteiger partial charge in [-0.05, 0) is 88.0 Å². The number of rotatable bonds is 10. The number of hydrogen-bond acceptors (Lipinski definition) is 12. The van der Waals surface area contributed by atoms with Gasteiger partial charge in [0.1, 0.15) is 12.1 Å². The summed E-state index contributed by atoms with van der Waals surface area (Å²) >= 11 is 0. The second kappa shape index (κ2) is 16.4. The van der Waals surface area contributed by atoms with Crippen molar-refractivity contribution in [3.63, 3.8) is 0 Å². The first kappa shape index (κ1) is 39.3. The molecule has 9 rings (SSSR count). The van der Waals surface area contributed by atoms with Gasteiger partial charge in [0.25, 0.3) is 17.7 Å². The number of aromatic nitrogens is 4. The molecular formula is C44H49N11O5. The molecule has 60 heavy (non-hydrogen) atoms. The summed E-state index contributed by atoms with van der Waals surface area (Å²) in [6.07, 6.45) is 15.3. The van der Waals surface area contributed by atoms with Gasteiger partial charge in [-0.3, -0.25) is 34.2 Å². The molecular weight excluding hydrogens is 763 g/mol. The highest BCUT2D eigenvalue weighted by Crippen LogP contribution is 2.33. The molecule has 16 heteroatoms. The van der Waals surface area contributed by atoms with Gasteiger partial charge in [-0.2, -0.15) is 15.0 Å². The highest BCUT2D eigenvalue weighted by atomic mass is 16.2. The quantitative estimate of drug-likeness (QED) is 0.192. The number of piperidine rings is 2. The first-order valence-electron chi connectivity index (χ1n) is 21.3. The summed E-state index contributed by atoms with van der Waals surface area (Å²) in [6, 6.07) is 10.7. The van der Waals surface area contributed by atoms with Gasteiger partial charge in [0, 0.05) is 80.8 Å². The number of carbonyl (C=O) groups excluding carboxylic acids is 5. The lowest BCUT2D eigenvalue weighted by atomic mass is 9.85. The van der Waals surface area contributed by atoms with E-state index in [2.05, 4.69) is 46.9 Å². The van der Waals surface area contributed by atoms with Crippen LogP contribution in [0, 0.1) is 17.2 Å². The Bertz CT molecular complexity index is 2400. The third-order valence-corrected chi connectivity index (χ3v) is 13.2. The van der Waals surface area contributed by atoms with E-state index in [1.165, 1.54) is 6.20 Å². The molecule has 2 aliphatic carbocycles. The second-order valence-corrected chi connectivity index (χ2v) is 17.0. The molecule has 4 fully saturated rings. The predicted octanol–water partition coefficient (Wildman–Crippen LogP) is 4.33. The molecule has 2 saturated heterocycles. The topological polar surface area (TPSA) is 199 Å². The Hall–Kier alpha value is -6.21. The van der Waals surface area contributed by atoms with Gasteiger partial charge in [-0.25, -0.2) is 9.97 Å². The summed E-state index contributed by atoms with van der Waals surface area (Å²) in [7, 11) is 2.03. The summed E-state index contributed by atoms with van der Waals surface area (Å²) in [5.74, 6) is -1.02. The van der Waals surface area contributed by atoms with Crippen LogP contribution >= 0.6 is 0 Å². The summed E-state index contributed by atoms with van der Waals surface area (Å²) < 4.78 is 1.64. The maximum Gasteiger partial charge on any atom is 0.262 e. The number of nitrogens with one attached hydrogen (secondary N) is 3. The van der Waals surface area contributed by atoms with Crippen LogP contribution in [0.4, 0.5) is 11.4 Å². The lowest BCUT2D eigenvalue weighted by Gasteiger charge is -2.40. The maximum atomic E-state index is 13.8. The van der Waals surface area contributed by atoms with Crippen molar-refractivity contribution in [3.05, 3.63) is 71.2 Å². The standard InChI is InChI=1S/C44H49N11O5/c1-52(32-10-11-33-34(19-32)44(60)54(43(33)59)37-12-13-39(56)51-42(37)58)31-14-16-53(17-15-31)25-26-6-8-30(9-7-26)50-41(57)35-24-46-38(20-36(35)49-29-4-2-3-5-29)55-40-28(23-48-55)18-27(21-45)22-47-40/h10-11,18-20,22-24,26,29-31,37H,2-9,12-17,25H2,1H3,(H,46,49)(H,50,57)(H,51,56,58). The van der Waals surface area contributed by atoms with Crippen LogP contribution in [0.2, 0.25) is 0 Å². The fourth-order valence-corrected chi connectivity index (χ4v) is 9.80. The zero-order chi connectivity index (χ0) is 41.5. The molecule has 3 aromatic heterocycles. The number of nitrogens with zero attached hydrogens (tertiary/aromatic N) is 8. The maximum absolute atomic E-state index is 13.8. The first-order chi connectivity index (χ1) is 29.1. The molecule has 310 valence electrons. The minimum absolute atomic E-state index is 0.0862. The van der Waals surface area contributed by atoms with E-state index in [-0.39, 0.29) is 42.4 Å². The highest BCUT2D eigenvalue weighted by molar-refractivity contribution is 6.23. The number of hydrogen-bond donors (Lipinski definition) is 3. The highest BCUT2D eigenvalue weighted by Gasteiger charge is 2.45. The van der Waals surface area contributed by atoms with E-state index in [1.807, 2.05) is 19.2 Å². The molecule has 3 aliphatic heterocycles. The van der Waals surface area contributed by atoms with Crippen molar-refractivity contribution in [2.24, 2.45) is 5.92 Å². The smallest absolute Gasteiger partial charge is 0.262 e.